The van der Waals surface area contributed by atoms with Crippen molar-refractivity contribution in [1.29, 1.82) is 0 Å². The maximum absolute atomic E-state index is 12.8. The van der Waals surface area contributed by atoms with Crippen molar-refractivity contribution < 1.29 is 3.89 Å². The second-order valence-corrected chi connectivity index (χ2v) is 4.27. The van der Waals surface area contributed by atoms with Crippen LogP contribution in [0.15, 0.2) is 38.3 Å². The Bertz CT molecular complexity index is 551. The fourth-order valence-electron chi connectivity index (χ4n) is 1.49. The minimum atomic E-state index is -0.0146. The maximum atomic E-state index is 12.8. The lowest BCUT2D eigenvalue weighted by molar-refractivity contribution is 0.902. The summed E-state index contributed by atoms with van der Waals surface area (Å²) >= 11 is 0.143. The van der Waals surface area contributed by atoms with E-state index in [1.165, 1.54) is 6.34 Å². The fourth-order valence-corrected chi connectivity index (χ4v) is 1.85. The molecule has 19 heavy (non-hydrogen) atoms. The van der Waals surface area contributed by atoms with Crippen molar-refractivity contribution >= 4 is 30.3 Å². The van der Waals surface area contributed by atoms with E-state index in [0.717, 1.165) is 5.56 Å². The van der Waals surface area contributed by atoms with Crippen molar-refractivity contribution in [3.63, 3.8) is 0 Å². The number of aliphatic imine (C=N–C) groups is 1. The van der Waals surface area contributed by atoms with Crippen molar-refractivity contribution in [1.82, 2.24) is 10.9 Å². The number of amidine groups is 1. The molecule has 0 bridgehead atoms. The summed E-state index contributed by atoms with van der Waals surface area (Å²) in [5, 5.41) is 7.81. The van der Waals surface area contributed by atoms with Gasteiger partial charge in [0.05, 0.1) is 18.7 Å². The molecule has 2 rings (SSSR count). The predicted octanol–water partition coefficient (Wildman–Crippen LogP) is 0.234. The number of nitrogens with two attached hydrogens (primary N) is 2. The summed E-state index contributed by atoms with van der Waals surface area (Å²) in [4.78, 5) is 4.33. The van der Waals surface area contributed by atoms with E-state index < -0.39 is 0 Å². The summed E-state index contributed by atoms with van der Waals surface area (Å²) in [6, 6.07) is 5.12. The van der Waals surface area contributed by atoms with Gasteiger partial charge >= 0.3 is 0 Å². The smallest absolute Gasteiger partial charge is 0.186 e. The fraction of sp³-hybridized carbons (Fsp3) is 0.100. The third kappa shape index (κ3) is 3.58. The molecule has 0 aromatic heterocycles. The Morgan fingerprint density at radius 3 is 2.84 bits per heavy atom. The van der Waals surface area contributed by atoms with Gasteiger partial charge in [-0.3, -0.25) is 10.9 Å². The molecule has 0 atom stereocenters. The summed E-state index contributed by atoms with van der Waals surface area (Å²) in [5.74, 6) is 0.476. The Morgan fingerprint density at radius 2 is 2.21 bits per heavy atom. The van der Waals surface area contributed by atoms with Gasteiger partial charge < -0.3 is 11.5 Å². The van der Waals surface area contributed by atoms with Crippen molar-refractivity contribution in [3.8, 4) is 0 Å². The normalized spacial score (nSPS) is 13.2. The third-order valence-electron chi connectivity index (χ3n) is 2.24. The molecule has 100 valence electrons. The quantitative estimate of drug-likeness (QED) is 0.466. The number of rotatable bonds is 4. The third-order valence-corrected chi connectivity index (χ3v) is 2.66. The summed E-state index contributed by atoms with van der Waals surface area (Å²) < 4.78 is 12.8. The number of guanidine groups is 1. The lowest BCUT2D eigenvalue weighted by Crippen LogP contribution is -2.28. The van der Waals surface area contributed by atoms with Gasteiger partial charge in [0, 0.05) is 10.5 Å². The predicted molar refractivity (Wildman–Crippen MR) is 74.2 cm³/mol. The van der Waals surface area contributed by atoms with Gasteiger partial charge in [0.1, 0.15) is 6.34 Å². The summed E-state index contributed by atoms with van der Waals surface area (Å²) in [6.45, 7) is 0.272. The molecular weight excluding hydrogens is 269 g/mol. The molecule has 1 heterocycles. The lowest BCUT2D eigenvalue weighted by atomic mass is 10.1. The Morgan fingerprint density at radius 1 is 1.37 bits per heavy atom. The highest BCUT2D eigenvalue weighted by Crippen LogP contribution is 2.23. The van der Waals surface area contributed by atoms with Crippen LogP contribution >= 0.6 is 12.1 Å². The van der Waals surface area contributed by atoms with E-state index in [1.54, 1.807) is 18.2 Å². The van der Waals surface area contributed by atoms with Crippen LogP contribution in [0.25, 0.3) is 0 Å². The zero-order chi connectivity index (χ0) is 13.7. The molecule has 0 aliphatic carbocycles. The van der Waals surface area contributed by atoms with Crippen LogP contribution in [0.3, 0.4) is 0 Å². The SMILES string of the molecule is NC(N)=NCc1cc(SF)cc(C2=NNC=NN2)c1. The van der Waals surface area contributed by atoms with Gasteiger partial charge in [-0.25, -0.2) is 4.99 Å². The highest BCUT2D eigenvalue weighted by atomic mass is 32.2. The van der Waals surface area contributed by atoms with Crippen LogP contribution in [0.2, 0.25) is 0 Å². The Hall–Kier alpha value is -2.29. The van der Waals surface area contributed by atoms with Crippen LogP contribution in [0, 0.1) is 0 Å². The molecule has 0 fully saturated rings. The van der Waals surface area contributed by atoms with Gasteiger partial charge in [-0.1, -0.05) is 0 Å². The largest absolute Gasteiger partial charge is 0.370 e. The van der Waals surface area contributed by atoms with Gasteiger partial charge in [0.25, 0.3) is 0 Å². The van der Waals surface area contributed by atoms with E-state index in [-0.39, 0.29) is 24.7 Å². The first-order valence-electron chi connectivity index (χ1n) is 5.28. The molecule has 0 radical (unpaired) electrons. The number of benzene rings is 1. The molecule has 0 saturated carbocycles. The average Bonchev–Trinajstić information content (AvgIpc) is 2.45. The zero-order valence-electron chi connectivity index (χ0n) is 9.80. The second-order valence-electron chi connectivity index (χ2n) is 3.64. The minimum Gasteiger partial charge on any atom is -0.370 e. The Labute approximate surface area is 113 Å². The van der Waals surface area contributed by atoms with E-state index in [1.807, 2.05) is 0 Å². The van der Waals surface area contributed by atoms with E-state index in [4.69, 9.17) is 11.5 Å². The van der Waals surface area contributed by atoms with Crippen LogP contribution in [-0.2, 0) is 6.54 Å². The van der Waals surface area contributed by atoms with Crippen LogP contribution in [-0.4, -0.2) is 18.1 Å². The van der Waals surface area contributed by atoms with Crippen LogP contribution < -0.4 is 22.3 Å². The number of halogens is 1. The van der Waals surface area contributed by atoms with Gasteiger partial charge in [-0.15, -0.1) is 0 Å². The Balaban J connectivity index is 2.30. The Kier molecular flexibility index (Phi) is 4.18. The molecule has 0 spiro atoms. The first-order valence-corrected chi connectivity index (χ1v) is 6.00. The molecule has 1 aromatic rings. The molecule has 1 aliphatic rings. The van der Waals surface area contributed by atoms with Gasteiger partial charge in [0.2, 0.25) is 0 Å². The number of nitrogens with zero attached hydrogens (tertiary/aromatic N) is 3. The van der Waals surface area contributed by atoms with Crippen molar-refractivity contribution in [2.24, 2.45) is 26.7 Å². The van der Waals surface area contributed by atoms with Crippen LogP contribution in [0.5, 0.6) is 0 Å². The minimum absolute atomic E-state index is 0.0146. The molecule has 0 unspecified atom stereocenters. The topological polar surface area (TPSA) is 113 Å². The average molecular weight is 281 g/mol. The second kappa shape index (κ2) is 6.05. The monoisotopic (exact) mass is 281 g/mol. The molecule has 0 saturated heterocycles. The molecule has 9 heteroatoms. The molecule has 0 amide bonds. The first kappa shape index (κ1) is 13.1. The lowest BCUT2D eigenvalue weighted by Gasteiger charge is -2.11. The van der Waals surface area contributed by atoms with E-state index >= 15 is 0 Å². The van der Waals surface area contributed by atoms with E-state index in [9.17, 15) is 3.89 Å². The van der Waals surface area contributed by atoms with Gasteiger partial charge in [-0.05, 0) is 23.8 Å². The summed E-state index contributed by atoms with van der Waals surface area (Å²) in [7, 11) is 0. The van der Waals surface area contributed by atoms with Crippen molar-refractivity contribution in [2.45, 2.75) is 11.4 Å². The molecule has 6 N–H and O–H groups in total. The molecule has 7 nitrogen and oxygen atoms in total. The molecule has 1 aromatic carbocycles. The summed E-state index contributed by atoms with van der Waals surface area (Å²) in [6.07, 6.45) is 1.40. The van der Waals surface area contributed by atoms with Crippen LogP contribution in [0.4, 0.5) is 3.89 Å². The zero-order valence-corrected chi connectivity index (χ0v) is 10.6. The number of hydrazone groups is 2. The maximum Gasteiger partial charge on any atom is 0.186 e. The van der Waals surface area contributed by atoms with Crippen molar-refractivity contribution in [2.75, 3.05) is 0 Å². The first-order chi connectivity index (χ1) is 9.19. The van der Waals surface area contributed by atoms with E-state index in [2.05, 4.69) is 26.0 Å². The van der Waals surface area contributed by atoms with Crippen molar-refractivity contribution in [3.05, 3.63) is 29.3 Å². The van der Waals surface area contributed by atoms with Gasteiger partial charge in [-0.2, -0.15) is 14.1 Å². The number of hydrogen-bond donors (Lipinski definition) is 4. The number of hydrogen-bond acceptors (Lipinski definition) is 6. The molecular formula is C10H12FN7S. The van der Waals surface area contributed by atoms with Crippen LogP contribution in [0.1, 0.15) is 11.1 Å². The number of nitrogens with one attached hydrogen (secondary N) is 2. The highest BCUT2D eigenvalue weighted by Gasteiger charge is 2.09. The standard InChI is InChI=1S/C10H12FN7S/c11-19-8-2-6(4-14-10(12)13)1-7(3-8)9-17-15-5-16-18-9/h1-3,5H,4H2,(H,15,16)(H,17,18)(H4,12,13,14). The molecule has 1 aliphatic heterocycles. The van der Waals surface area contributed by atoms with E-state index in [0.29, 0.717) is 16.3 Å². The summed E-state index contributed by atoms with van der Waals surface area (Å²) in [5.41, 5.74) is 17.3. The highest BCUT2D eigenvalue weighted by molar-refractivity contribution is 7.94. The van der Waals surface area contributed by atoms with Gasteiger partial charge in [0.15, 0.2) is 11.8 Å².